The molecule has 2 heterocycles. The minimum absolute atomic E-state index is 0.0817. The monoisotopic (exact) mass is 902 g/mol. The lowest BCUT2D eigenvalue weighted by Crippen LogP contribution is -2.42. The molecule has 0 spiro atoms. The smallest absolute Gasteiger partial charge is 0.360 e. The first kappa shape index (κ1) is 44.1. The highest BCUT2D eigenvalue weighted by Gasteiger charge is 2.38. The molecule has 0 fully saturated rings. The number of nitrogens with zero attached hydrogens (tertiary/aromatic N) is 3. The second-order valence-corrected chi connectivity index (χ2v) is 16.7. The van der Waals surface area contributed by atoms with Crippen LogP contribution in [-0.4, -0.2) is 45.3 Å². The van der Waals surface area contributed by atoms with E-state index in [1.807, 2.05) is 176 Å². The van der Waals surface area contributed by atoms with Crippen LogP contribution < -0.4 is 5.32 Å². The van der Waals surface area contributed by atoms with Crippen molar-refractivity contribution in [2.24, 2.45) is 5.16 Å². The molecule has 2 N–H and O–H groups in total. The van der Waals surface area contributed by atoms with Gasteiger partial charge in [-0.05, 0) is 38.9 Å². The molecule has 1 aliphatic rings. The van der Waals surface area contributed by atoms with E-state index in [0.717, 1.165) is 38.9 Å². The number of oxime groups is 1. The average molecular weight is 903 g/mol. The van der Waals surface area contributed by atoms with Crippen molar-refractivity contribution in [2.45, 2.75) is 30.2 Å². The van der Waals surface area contributed by atoms with Gasteiger partial charge in [-0.2, -0.15) is 0 Å². The number of aromatic nitrogens is 1. The summed E-state index contributed by atoms with van der Waals surface area (Å²) in [7, 11) is 0. The number of Topliss-reactive ketones (excluding diaryl/α,β-unsaturated/α-hetero) is 1. The zero-order valence-corrected chi connectivity index (χ0v) is 37.1. The second-order valence-electron chi connectivity index (χ2n) is 15.8. The summed E-state index contributed by atoms with van der Waals surface area (Å²) >= 11 is 1.26. The van der Waals surface area contributed by atoms with Gasteiger partial charge >= 0.3 is 5.97 Å². The van der Waals surface area contributed by atoms with Crippen molar-refractivity contribution >= 4 is 33.9 Å². The van der Waals surface area contributed by atoms with Gasteiger partial charge in [-0.1, -0.05) is 217 Å². The van der Waals surface area contributed by atoms with E-state index in [1.54, 1.807) is 16.6 Å². The summed E-state index contributed by atoms with van der Waals surface area (Å²) in [4.78, 5) is 44.6. The fourth-order valence-corrected chi connectivity index (χ4v) is 8.96. The highest BCUT2D eigenvalue weighted by molar-refractivity contribution is 7.14. The number of hydrogen-bond acceptors (Lipinski definition) is 10. The van der Waals surface area contributed by atoms with Gasteiger partial charge < -0.3 is 20.0 Å². The molecule has 7 aromatic carbocycles. The number of anilines is 1. The second kappa shape index (κ2) is 20.8. The Labute approximate surface area is 393 Å². The number of ketones is 1. The van der Waals surface area contributed by atoms with Gasteiger partial charge in [0.05, 0.1) is 6.20 Å². The Hall–Kier alpha value is -8.12. The minimum atomic E-state index is -1.33. The number of carboxylic acid groups (broad SMARTS) is 1. The molecule has 10 nitrogen and oxygen atoms in total. The maximum absolute atomic E-state index is 14.1. The molecule has 1 atom stereocenters. The van der Waals surface area contributed by atoms with Gasteiger partial charge in [0.1, 0.15) is 36.1 Å². The highest BCUT2D eigenvalue weighted by atomic mass is 32.1. The number of carbonyl (C=O) groups excluding carboxylic acids is 1. The lowest BCUT2D eigenvalue weighted by atomic mass is 9.77. The van der Waals surface area contributed by atoms with Crippen molar-refractivity contribution in [3.8, 4) is 0 Å². The molecule has 0 saturated heterocycles. The van der Waals surface area contributed by atoms with Crippen LogP contribution in [0, 0.1) is 0 Å². The summed E-state index contributed by atoms with van der Waals surface area (Å²) in [6.07, 6.45) is 0.297. The number of ether oxygens (including phenoxy) is 1. The Balaban J connectivity index is 1.03. The van der Waals surface area contributed by atoms with Gasteiger partial charge in [0.2, 0.25) is 11.5 Å². The van der Waals surface area contributed by atoms with Crippen molar-refractivity contribution in [1.82, 2.24) is 10.0 Å². The number of hydrogen-bond donors (Lipinski definition) is 2. The van der Waals surface area contributed by atoms with Crippen LogP contribution in [0.15, 0.2) is 235 Å². The van der Waals surface area contributed by atoms with Gasteiger partial charge in [0, 0.05) is 11.8 Å². The molecule has 0 saturated carbocycles. The molecule has 1 aliphatic heterocycles. The summed E-state index contributed by atoms with van der Waals surface area (Å²) in [6, 6.07) is 68.4. The number of carbonyl (C=O) groups is 2. The molecule has 1 aromatic heterocycles. The van der Waals surface area contributed by atoms with Crippen molar-refractivity contribution in [2.75, 3.05) is 11.9 Å². The predicted molar refractivity (Wildman–Crippen MR) is 260 cm³/mol. The molecule has 8 aromatic rings. The molecule has 0 bridgehead atoms. The van der Waals surface area contributed by atoms with Crippen LogP contribution in [0.3, 0.4) is 0 Å². The maximum atomic E-state index is 14.1. The standard InChI is InChI=1S/C56H46N4O6S/c61-49-36-47(38-64-59-51(54(62)63)48-39-67-55(57-48)58-56(44-30-16-5-17-31-44,45-32-18-6-19-33-45)46-34-20-7-21-35-46)60(66-53(42-26-12-3-13-27-42)43-28-14-4-15-29-43)37-50(49)65-52(40-22-8-1-9-23-40)41-24-10-2-11-25-41/h1-35,37,39,47,52-53H,36,38H2,(H,57,58)(H,62,63). The quantitative estimate of drug-likeness (QED) is 0.0492. The molecule has 9 rings (SSSR count). The van der Waals surface area contributed by atoms with E-state index in [1.165, 1.54) is 11.3 Å². The summed E-state index contributed by atoms with van der Waals surface area (Å²) in [5.74, 6) is -1.51. The lowest BCUT2D eigenvalue weighted by molar-refractivity contribution is -0.197. The number of rotatable bonds is 18. The molecule has 11 heteroatoms. The van der Waals surface area contributed by atoms with Crippen LogP contribution in [0.2, 0.25) is 0 Å². The van der Waals surface area contributed by atoms with E-state index in [-0.39, 0.29) is 30.3 Å². The van der Waals surface area contributed by atoms with E-state index < -0.39 is 35.5 Å². The molecule has 0 aliphatic carbocycles. The predicted octanol–water partition coefficient (Wildman–Crippen LogP) is 11.4. The number of nitrogens with one attached hydrogen (secondary N) is 1. The first-order valence-electron chi connectivity index (χ1n) is 21.9. The Morgan fingerprint density at radius 2 is 1.07 bits per heavy atom. The molecule has 332 valence electrons. The number of hydroxylamine groups is 2. The van der Waals surface area contributed by atoms with Crippen molar-refractivity contribution < 1.29 is 29.1 Å². The van der Waals surface area contributed by atoms with Gasteiger partial charge in [0.15, 0.2) is 10.9 Å². The van der Waals surface area contributed by atoms with Crippen LogP contribution in [0.1, 0.15) is 63.3 Å². The van der Waals surface area contributed by atoms with E-state index in [0.29, 0.717) is 5.13 Å². The van der Waals surface area contributed by atoms with E-state index in [4.69, 9.17) is 19.4 Å². The largest absolute Gasteiger partial charge is 0.476 e. The number of aliphatic carboxylic acids is 1. The van der Waals surface area contributed by atoms with Crippen LogP contribution in [0.4, 0.5) is 5.13 Å². The summed E-state index contributed by atoms with van der Waals surface area (Å²) < 4.78 is 6.63. The minimum Gasteiger partial charge on any atom is -0.476 e. The zero-order valence-electron chi connectivity index (χ0n) is 36.2. The van der Waals surface area contributed by atoms with E-state index >= 15 is 0 Å². The number of carboxylic acids is 1. The van der Waals surface area contributed by atoms with Crippen LogP contribution in [-0.2, 0) is 29.5 Å². The van der Waals surface area contributed by atoms with E-state index in [2.05, 4.69) is 46.9 Å². The van der Waals surface area contributed by atoms with Gasteiger partial charge in [-0.15, -0.1) is 11.3 Å². The lowest BCUT2D eigenvalue weighted by Gasteiger charge is -2.36. The van der Waals surface area contributed by atoms with Crippen molar-refractivity contribution in [3.63, 3.8) is 0 Å². The number of benzene rings is 7. The third-order valence-corrected chi connectivity index (χ3v) is 12.2. The summed E-state index contributed by atoms with van der Waals surface area (Å²) in [5, 5.41) is 22.1. The summed E-state index contributed by atoms with van der Waals surface area (Å²) in [5.41, 5.74) is 5.21. The Morgan fingerprint density at radius 3 is 1.51 bits per heavy atom. The fraction of sp³-hybridized carbons (Fsp3) is 0.107. The molecular weight excluding hydrogens is 857 g/mol. The van der Waals surface area contributed by atoms with Gasteiger partial charge in [0.25, 0.3) is 0 Å². The molecule has 67 heavy (non-hydrogen) atoms. The number of allylic oxidation sites excluding steroid dienone is 1. The Kier molecular flexibility index (Phi) is 13.7. The Morgan fingerprint density at radius 1 is 0.657 bits per heavy atom. The third kappa shape index (κ3) is 10.1. The van der Waals surface area contributed by atoms with E-state index in [9.17, 15) is 14.7 Å². The summed E-state index contributed by atoms with van der Waals surface area (Å²) in [6.45, 7) is -0.211. The van der Waals surface area contributed by atoms with Crippen molar-refractivity contribution in [1.29, 1.82) is 0 Å². The SMILES string of the molecule is O=C(O)C(=NOCC1CC(=O)C(OC(c2ccccc2)c2ccccc2)=CN1OC(c1ccccc1)c1ccccc1)c1csc(NC(c2ccccc2)(c2ccccc2)c2ccccc2)n1. The van der Waals surface area contributed by atoms with Crippen LogP contribution in [0.5, 0.6) is 0 Å². The Bertz CT molecular complexity index is 2750. The molecule has 0 amide bonds. The first-order valence-corrected chi connectivity index (χ1v) is 22.7. The van der Waals surface area contributed by atoms with Gasteiger partial charge in [-0.3, -0.25) is 9.63 Å². The third-order valence-electron chi connectivity index (χ3n) is 11.5. The zero-order chi connectivity index (χ0) is 45.8. The molecule has 1 unspecified atom stereocenters. The normalized spacial score (nSPS) is 14.1. The molecular formula is C56H46N4O6S. The fourth-order valence-electron chi connectivity index (χ4n) is 8.21. The van der Waals surface area contributed by atoms with Crippen molar-refractivity contribution in [3.05, 3.63) is 274 Å². The topological polar surface area (TPSA) is 123 Å². The highest BCUT2D eigenvalue weighted by Crippen LogP contribution is 2.41. The van der Waals surface area contributed by atoms with Gasteiger partial charge in [-0.25, -0.2) is 14.8 Å². The first-order chi connectivity index (χ1) is 33.0. The average Bonchev–Trinajstić information content (AvgIpc) is 3.85. The molecule has 0 radical (unpaired) electrons. The number of thiazole rings is 1. The maximum Gasteiger partial charge on any atom is 0.360 e. The van der Waals surface area contributed by atoms with Crippen LogP contribution >= 0.6 is 11.3 Å². The van der Waals surface area contributed by atoms with Crippen LogP contribution in [0.25, 0.3) is 0 Å².